The highest BCUT2D eigenvalue weighted by Crippen LogP contribution is 2.16. The van der Waals surface area contributed by atoms with Crippen LogP contribution in [0.25, 0.3) is 0 Å². The Hall–Kier alpha value is -3.00. The van der Waals surface area contributed by atoms with Gasteiger partial charge in [0.2, 0.25) is 0 Å². The van der Waals surface area contributed by atoms with Gasteiger partial charge in [0.05, 0.1) is 5.69 Å². The van der Waals surface area contributed by atoms with Crippen LogP contribution in [0, 0.1) is 11.6 Å². The highest BCUT2D eigenvalue weighted by Gasteiger charge is 2.18. The Morgan fingerprint density at radius 2 is 1.66 bits per heavy atom. The van der Waals surface area contributed by atoms with Crippen molar-refractivity contribution in [2.45, 2.75) is 6.42 Å². The van der Waals surface area contributed by atoms with Crippen LogP contribution in [0.3, 0.4) is 0 Å². The number of anilines is 2. The van der Waals surface area contributed by atoms with Crippen molar-refractivity contribution in [1.29, 1.82) is 0 Å². The number of nitrogens with zero attached hydrogens (tertiary/aromatic N) is 2. The first-order chi connectivity index (χ1) is 14.0. The molecular formula is C21H24F2N4O2. The summed E-state index contributed by atoms with van der Waals surface area (Å²) < 4.78 is 26.4. The zero-order valence-electron chi connectivity index (χ0n) is 16.0. The van der Waals surface area contributed by atoms with Gasteiger partial charge in [-0.1, -0.05) is 18.2 Å². The van der Waals surface area contributed by atoms with Crippen molar-refractivity contribution in [2.24, 2.45) is 0 Å². The van der Waals surface area contributed by atoms with Crippen LogP contribution in [0.4, 0.5) is 20.2 Å². The first kappa shape index (κ1) is 20.7. The molecule has 0 atom stereocenters. The maximum atomic E-state index is 13.5. The average molecular weight is 402 g/mol. The fourth-order valence-electron chi connectivity index (χ4n) is 3.22. The van der Waals surface area contributed by atoms with Gasteiger partial charge < -0.3 is 15.5 Å². The van der Waals surface area contributed by atoms with Crippen LogP contribution in [-0.4, -0.2) is 56.0 Å². The second-order valence-corrected chi connectivity index (χ2v) is 6.85. The molecule has 3 rings (SSSR count). The molecule has 0 unspecified atom stereocenters. The first-order valence-corrected chi connectivity index (χ1v) is 9.59. The molecule has 1 fully saturated rings. The molecule has 0 radical (unpaired) electrons. The molecule has 1 saturated heterocycles. The summed E-state index contributed by atoms with van der Waals surface area (Å²) in [5.41, 5.74) is 0.992. The Morgan fingerprint density at radius 1 is 0.931 bits per heavy atom. The molecule has 0 bridgehead atoms. The topological polar surface area (TPSA) is 64.7 Å². The molecular weight excluding hydrogens is 378 g/mol. The summed E-state index contributed by atoms with van der Waals surface area (Å²) in [6, 6.07) is 13.0. The van der Waals surface area contributed by atoms with Gasteiger partial charge in [0.1, 0.15) is 11.6 Å². The highest BCUT2D eigenvalue weighted by atomic mass is 19.1. The van der Waals surface area contributed by atoms with Crippen molar-refractivity contribution in [1.82, 2.24) is 10.2 Å². The second-order valence-electron chi connectivity index (χ2n) is 6.85. The van der Waals surface area contributed by atoms with E-state index in [0.717, 1.165) is 44.9 Å². The predicted octanol–water partition coefficient (Wildman–Crippen LogP) is 2.23. The van der Waals surface area contributed by atoms with Gasteiger partial charge in [-0.3, -0.25) is 14.5 Å². The number of amides is 2. The molecule has 1 heterocycles. The lowest BCUT2D eigenvalue weighted by Gasteiger charge is -2.36. The zero-order valence-corrected chi connectivity index (χ0v) is 16.0. The third-order valence-electron chi connectivity index (χ3n) is 4.82. The molecule has 0 saturated carbocycles. The Labute approximate surface area is 168 Å². The van der Waals surface area contributed by atoms with Crippen LogP contribution in [0.15, 0.2) is 48.5 Å². The van der Waals surface area contributed by atoms with E-state index < -0.39 is 23.4 Å². The van der Waals surface area contributed by atoms with Crippen molar-refractivity contribution < 1.29 is 18.4 Å². The smallest absolute Gasteiger partial charge is 0.313 e. The van der Waals surface area contributed by atoms with Gasteiger partial charge in [-0.2, -0.15) is 0 Å². The Morgan fingerprint density at radius 3 is 2.34 bits per heavy atom. The van der Waals surface area contributed by atoms with E-state index in [4.69, 9.17) is 0 Å². The van der Waals surface area contributed by atoms with Crippen molar-refractivity contribution >= 4 is 23.2 Å². The summed E-state index contributed by atoms with van der Waals surface area (Å²) in [4.78, 5) is 28.3. The van der Waals surface area contributed by atoms with Crippen LogP contribution in [0.2, 0.25) is 0 Å². The lowest BCUT2D eigenvalue weighted by atomic mass is 10.2. The summed E-state index contributed by atoms with van der Waals surface area (Å²) >= 11 is 0. The Kier molecular flexibility index (Phi) is 7.13. The average Bonchev–Trinajstić information content (AvgIpc) is 2.74. The second kappa shape index (κ2) is 9.97. The summed E-state index contributed by atoms with van der Waals surface area (Å²) in [5, 5.41) is 4.66. The van der Waals surface area contributed by atoms with E-state index >= 15 is 0 Å². The molecule has 8 heteroatoms. The summed E-state index contributed by atoms with van der Waals surface area (Å²) in [6.07, 6.45) is 0.704. The normalized spacial score (nSPS) is 14.5. The number of benzene rings is 2. The van der Waals surface area contributed by atoms with Gasteiger partial charge in [0.15, 0.2) is 0 Å². The largest absolute Gasteiger partial charge is 0.369 e. The van der Waals surface area contributed by atoms with Crippen molar-refractivity contribution in [3.63, 3.8) is 0 Å². The summed E-state index contributed by atoms with van der Waals surface area (Å²) in [6.45, 7) is 4.93. The lowest BCUT2D eigenvalue weighted by molar-refractivity contribution is -0.136. The summed E-state index contributed by atoms with van der Waals surface area (Å²) in [5.74, 6) is -3.51. The lowest BCUT2D eigenvalue weighted by Crippen LogP contribution is -2.47. The quantitative estimate of drug-likeness (QED) is 0.575. The number of halogens is 2. The molecule has 1 aliphatic heterocycles. The Bertz CT molecular complexity index is 840. The van der Waals surface area contributed by atoms with Crippen molar-refractivity contribution in [3.8, 4) is 0 Å². The Balaban J connectivity index is 1.33. The van der Waals surface area contributed by atoms with Gasteiger partial charge in [-0.05, 0) is 37.2 Å². The number of hydrogen-bond donors (Lipinski definition) is 2. The standard InChI is InChI=1S/C21H24F2N4O2/c22-16-7-8-19(18(23)15-16)25-21(29)20(28)24-9-4-10-26-11-13-27(14-12-26)17-5-2-1-3-6-17/h1-3,5-8,15H,4,9-14H2,(H,24,28)(H,25,29). The minimum atomic E-state index is -0.980. The monoisotopic (exact) mass is 402 g/mol. The number of rotatable bonds is 6. The predicted molar refractivity (Wildman–Crippen MR) is 108 cm³/mol. The fourth-order valence-corrected chi connectivity index (χ4v) is 3.22. The van der Waals surface area contributed by atoms with Gasteiger partial charge in [-0.15, -0.1) is 0 Å². The molecule has 2 aromatic carbocycles. The summed E-state index contributed by atoms with van der Waals surface area (Å²) in [7, 11) is 0. The van der Waals surface area contributed by atoms with Crippen LogP contribution < -0.4 is 15.5 Å². The third-order valence-corrected chi connectivity index (χ3v) is 4.82. The number of piperazine rings is 1. The van der Waals surface area contributed by atoms with Crippen LogP contribution in [0.1, 0.15) is 6.42 Å². The minimum absolute atomic E-state index is 0.233. The van der Waals surface area contributed by atoms with E-state index in [9.17, 15) is 18.4 Å². The SMILES string of the molecule is O=C(NCCCN1CCN(c2ccccc2)CC1)C(=O)Nc1ccc(F)cc1F. The van der Waals surface area contributed by atoms with Gasteiger partial charge >= 0.3 is 11.8 Å². The van der Waals surface area contributed by atoms with E-state index in [1.165, 1.54) is 5.69 Å². The maximum Gasteiger partial charge on any atom is 0.313 e. The first-order valence-electron chi connectivity index (χ1n) is 9.59. The molecule has 29 heavy (non-hydrogen) atoms. The molecule has 6 nitrogen and oxygen atoms in total. The zero-order chi connectivity index (χ0) is 20.6. The third kappa shape index (κ3) is 5.99. The molecule has 2 aromatic rings. The van der Waals surface area contributed by atoms with E-state index in [1.54, 1.807) is 0 Å². The van der Waals surface area contributed by atoms with Crippen LogP contribution >= 0.6 is 0 Å². The van der Waals surface area contributed by atoms with Gasteiger partial charge in [-0.25, -0.2) is 8.78 Å². The van der Waals surface area contributed by atoms with E-state index in [0.29, 0.717) is 19.0 Å². The van der Waals surface area contributed by atoms with E-state index in [1.807, 2.05) is 18.2 Å². The number of carbonyl (C=O) groups is 2. The number of carbonyl (C=O) groups excluding carboxylic acids is 2. The molecule has 0 aliphatic carbocycles. The van der Waals surface area contributed by atoms with Gasteiger partial charge in [0, 0.05) is 44.5 Å². The van der Waals surface area contributed by atoms with Crippen LogP contribution in [-0.2, 0) is 9.59 Å². The highest BCUT2D eigenvalue weighted by molar-refractivity contribution is 6.39. The molecule has 2 N–H and O–H groups in total. The molecule has 0 aromatic heterocycles. The van der Waals surface area contributed by atoms with Crippen molar-refractivity contribution in [2.75, 3.05) is 49.5 Å². The molecule has 0 spiro atoms. The fraction of sp³-hybridized carbons (Fsp3) is 0.333. The van der Waals surface area contributed by atoms with Gasteiger partial charge in [0.25, 0.3) is 0 Å². The number of hydrogen-bond acceptors (Lipinski definition) is 4. The van der Waals surface area contributed by atoms with E-state index in [2.05, 4.69) is 32.6 Å². The molecule has 1 aliphatic rings. The number of nitrogens with one attached hydrogen (secondary N) is 2. The van der Waals surface area contributed by atoms with Crippen molar-refractivity contribution in [3.05, 3.63) is 60.2 Å². The maximum absolute atomic E-state index is 13.5. The minimum Gasteiger partial charge on any atom is -0.369 e. The number of para-hydroxylation sites is 1. The molecule has 2 amide bonds. The van der Waals surface area contributed by atoms with Crippen LogP contribution in [0.5, 0.6) is 0 Å². The van der Waals surface area contributed by atoms with E-state index in [-0.39, 0.29) is 5.69 Å². The molecule has 154 valence electrons.